The number of aryl methyl sites for hydroxylation is 1. The zero-order valence-electron chi connectivity index (χ0n) is 15.0. The second kappa shape index (κ2) is 5.67. The van der Waals surface area contributed by atoms with Gasteiger partial charge in [0.2, 0.25) is 5.91 Å². The summed E-state index contributed by atoms with van der Waals surface area (Å²) in [6.45, 7) is 0.562. The Hall–Kier alpha value is -3.15. The highest BCUT2D eigenvalue weighted by atomic mass is 16.5. The number of hydrogen-bond donors (Lipinski definition) is 0. The van der Waals surface area contributed by atoms with Crippen molar-refractivity contribution in [3.63, 3.8) is 0 Å². The summed E-state index contributed by atoms with van der Waals surface area (Å²) in [5, 5.41) is 5.68. The van der Waals surface area contributed by atoms with Crippen molar-refractivity contribution in [1.29, 1.82) is 0 Å². The zero-order chi connectivity index (χ0) is 18.6. The van der Waals surface area contributed by atoms with Gasteiger partial charge < -0.3 is 9.64 Å². The predicted octanol–water partition coefficient (Wildman–Crippen LogP) is 2.43. The third-order valence-electron chi connectivity index (χ3n) is 5.39. The van der Waals surface area contributed by atoms with Gasteiger partial charge in [-0.1, -0.05) is 30.3 Å². The molecule has 1 aliphatic carbocycles. The number of anilines is 1. The molecule has 5 rings (SSSR count). The summed E-state index contributed by atoms with van der Waals surface area (Å²) in [7, 11) is 1.62. The second-order valence-electron chi connectivity index (χ2n) is 7.33. The molecule has 2 aromatic carbocycles. The molecule has 0 saturated heterocycles. The number of amides is 1. The van der Waals surface area contributed by atoms with E-state index in [-0.39, 0.29) is 23.5 Å². The van der Waals surface area contributed by atoms with Gasteiger partial charge in [0.25, 0.3) is 5.56 Å². The highest BCUT2D eigenvalue weighted by molar-refractivity contribution is 5.98. The van der Waals surface area contributed by atoms with E-state index in [4.69, 9.17) is 4.74 Å². The fourth-order valence-electron chi connectivity index (χ4n) is 3.77. The fourth-order valence-corrected chi connectivity index (χ4v) is 3.77. The van der Waals surface area contributed by atoms with Crippen molar-refractivity contribution in [3.8, 4) is 5.75 Å². The number of fused-ring (bicyclic) bond motifs is 2. The van der Waals surface area contributed by atoms with E-state index < -0.39 is 0 Å². The van der Waals surface area contributed by atoms with Gasteiger partial charge >= 0.3 is 0 Å². The van der Waals surface area contributed by atoms with Crippen LogP contribution in [0.1, 0.15) is 18.5 Å². The molecule has 1 aromatic heterocycles. The van der Waals surface area contributed by atoms with E-state index in [2.05, 4.69) is 5.10 Å². The van der Waals surface area contributed by atoms with Crippen LogP contribution >= 0.6 is 0 Å². The topological polar surface area (TPSA) is 64.4 Å². The predicted molar refractivity (Wildman–Crippen MR) is 102 cm³/mol. The van der Waals surface area contributed by atoms with Crippen molar-refractivity contribution in [3.05, 3.63) is 64.6 Å². The first kappa shape index (κ1) is 16.1. The Labute approximate surface area is 156 Å². The van der Waals surface area contributed by atoms with Crippen LogP contribution in [0.25, 0.3) is 10.8 Å². The number of hydrogen-bond acceptors (Lipinski definition) is 4. The largest absolute Gasteiger partial charge is 0.483 e. The molecule has 6 heteroatoms. The molecule has 2 heterocycles. The molecule has 0 radical (unpaired) electrons. The number of nitrogens with zero attached hydrogens (tertiary/aromatic N) is 3. The molecule has 1 fully saturated rings. The first-order valence-corrected chi connectivity index (χ1v) is 9.10. The Morgan fingerprint density at radius 2 is 1.81 bits per heavy atom. The van der Waals surface area contributed by atoms with Gasteiger partial charge in [-0.3, -0.25) is 9.59 Å². The molecule has 27 heavy (non-hydrogen) atoms. The van der Waals surface area contributed by atoms with Crippen molar-refractivity contribution in [2.45, 2.75) is 24.9 Å². The van der Waals surface area contributed by atoms with Crippen LogP contribution in [0.2, 0.25) is 0 Å². The highest BCUT2D eigenvalue weighted by Crippen LogP contribution is 2.48. The molecule has 6 nitrogen and oxygen atoms in total. The summed E-state index contributed by atoms with van der Waals surface area (Å²) in [5.74, 6) is 0.723. The Bertz CT molecular complexity index is 1130. The number of ether oxygens (including phenoxy) is 1. The van der Waals surface area contributed by atoms with Crippen LogP contribution in [0.3, 0.4) is 0 Å². The first-order chi connectivity index (χ1) is 13.1. The molecule has 0 unspecified atom stereocenters. The van der Waals surface area contributed by atoms with Gasteiger partial charge in [-0.05, 0) is 31.0 Å². The van der Waals surface area contributed by atoms with Crippen LogP contribution in [-0.2, 0) is 18.3 Å². The van der Waals surface area contributed by atoms with E-state index in [0.717, 1.165) is 29.7 Å². The molecule has 0 bridgehead atoms. The summed E-state index contributed by atoms with van der Waals surface area (Å²) in [6, 6.07) is 15.0. The minimum Gasteiger partial charge on any atom is -0.483 e. The number of para-hydroxylation sites is 2. The molecule has 2 aliphatic rings. The summed E-state index contributed by atoms with van der Waals surface area (Å²) < 4.78 is 7.42. The van der Waals surface area contributed by atoms with Crippen LogP contribution in [0.5, 0.6) is 5.75 Å². The number of carbonyl (C=O) groups excluding carboxylic acids is 1. The van der Waals surface area contributed by atoms with Gasteiger partial charge in [-0.25, -0.2) is 4.68 Å². The summed E-state index contributed by atoms with van der Waals surface area (Å²) in [5.41, 5.74) is 1.03. The average molecular weight is 361 g/mol. The van der Waals surface area contributed by atoms with Crippen LogP contribution in [-0.4, -0.2) is 27.8 Å². The van der Waals surface area contributed by atoms with Crippen molar-refractivity contribution >= 4 is 22.4 Å². The normalized spacial score (nSPS) is 16.9. The lowest BCUT2D eigenvalue weighted by Gasteiger charge is -2.35. The Morgan fingerprint density at radius 1 is 1.11 bits per heavy atom. The SMILES string of the molecule is Cn1nc(CC(=O)N2CC3(CC3)Oc3ccccc32)c2ccccc2c1=O. The van der Waals surface area contributed by atoms with Crippen LogP contribution in [0.4, 0.5) is 5.69 Å². The Kier molecular flexibility index (Phi) is 3.37. The van der Waals surface area contributed by atoms with E-state index >= 15 is 0 Å². The lowest BCUT2D eigenvalue weighted by Crippen LogP contribution is -2.45. The van der Waals surface area contributed by atoms with Crippen molar-refractivity contribution < 1.29 is 9.53 Å². The lowest BCUT2D eigenvalue weighted by molar-refractivity contribution is -0.118. The molecule has 1 aliphatic heterocycles. The number of aromatic nitrogens is 2. The van der Waals surface area contributed by atoms with E-state index in [9.17, 15) is 9.59 Å². The van der Waals surface area contributed by atoms with E-state index in [1.807, 2.05) is 47.4 Å². The quantitative estimate of drug-likeness (QED) is 0.703. The molecule has 1 spiro atoms. The molecule has 3 aromatic rings. The minimum atomic E-state index is -0.233. The van der Waals surface area contributed by atoms with Gasteiger partial charge in [0.15, 0.2) is 0 Å². The molecular formula is C21H19N3O3. The third-order valence-corrected chi connectivity index (χ3v) is 5.39. The van der Waals surface area contributed by atoms with Gasteiger partial charge in [0.05, 0.1) is 29.7 Å². The van der Waals surface area contributed by atoms with Crippen LogP contribution in [0, 0.1) is 0 Å². The molecule has 136 valence electrons. The molecule has 0 N–H and O–H groups in total. The molecule has 0 atom stereocenters. The maximum atomic E-state index is 13.2. The van der Waals surface area contributed by atoms with Crippen molar-refractivity contribution in [2.75, 3.05) is 11.4 Å². The summed E-state index contributed by atoms with van der Waals surface area (Å²) >= 11 is 0. The molecule has 1 saturated carbocycles. The minimum absolute atomic E-state index is 0.0340. The Balaban J connectivity index is 1.54. The smallest absolute Gasteiger partial charge is 0.274 e. The maximum absolute atomic E-state index is 13.2. The highest BCUT2D eigenvalue weighted by Gasteiger charge is 2.51. The van der Waals surface area contributed by atoms with Gasteiger partial charge in [-0.2, -0.15) is 5.10 Å². The third kappa shape index (κ3) is 2.60. The standard InChI is InChI=1S/C21H19N3O3/c1-23-20(26)15-7-3-2-6-14(15)16(22-23)12-19(25)24-13-21(10-11-21)27-18-9-5-4-8-17(18)24/h2-9H,10-13H2,1H3. The number of rotatable bonds is 2. The number of carbonyl (C=O) groups is 1. The fraction of sp³-hybridized carbons (Fsp3) is 0.286. The van der Waals surface area contributed by atoms with Crippen LogP contribution in [0.15, 0.2) is 53.3 Å². The van der Waals surface area contributed by atoms with E-state index in [1.54, 1.807) is 13.1 Å². The number of benzene rings is 2. The van der Waals surface area contributed by atoms with Gasteiger partial charge in [-0.15, -0.1) is 0 Å². The average Bonchev–Trinajstić information content (AvgIpc) is 3.43. The van der Waals surface area contributed by atoms with Crippen LogP contribution < -0.4 is 15.2 Å². The summed E-state index contributed by atoms with van der Waals surface area (Å²) in [4.78, 5) is 27.4. The van der Waals surface area contributed by atoms with Crippen molar-refractivity contribution in [2.24, 2.45) is 7.05 Å². The zero-order valence-corrected chi connectivity index (χ0v) is 15.0. The lowest BCUT2D eigenvalue weighted by atomic mass is 10.1. The van der Waals surface area contributed by atoms with Crippen molar-refractivity contribution in [1.82, 2.24) is 9.78 Å². The monoisotopic (exact) mass is 361 g/mol. The molecule has 1 amide bonds. The summed E-state index contributed by atoms with van der Waals surface area (Å²) in [6.07, 6.45) is 2.07. The first-order valence-electron chi connectivity index (χ1n) is 9.10. The van der Waals surface area contributed by atoms with E-state index in [1.165, 1.54) is 4.68 Å². The second-order valence-corrected chi connectivity index (χ2v) is 7.33. The maximum Gasteiger partial charge on any atom is 0.274 e. The Morgan fingerprint density at radius 3 is 2.59 bits per heavy atom. The van der Waals surface area contributed by atoms with E-state index in [0.29, 0.717) is 17.6 Å². The van der Waals surface area contributed by atoms with Gasteiger partial charge in [0.1, 0.15) is 11.4 Å². The van der Waals surface area contributed by atoms with Gasteiger partial charge in [0, 0.05) is 12.4 Å². The molecular weight excluding hydrogens is 342 g/mol.